The average molecular weight is 798 g/mol. The lowest BCUT2D eigenvalue weighted by atomic mass is 9.49. The molecule has 0 bridgehead atoms. The van der Waals surface area contributed by atoms with Crippen LogP contribution in [0.2, 0.25) is 10.0 Å². The van der Waals surface area contributed by atoms with Crippen LogP contribution in [0.25, 0.3) is 10.8 Å². The molecule has 6 atom stereocenters. The topological polar surface area (TPSA) is 120 Å². The van der Waals surface area contributed by atoms with E-state index in [1.165, 1.54) is 4.90 Å². The Labute approximate surface area is 327 Å². The Bertz CT molecular complexity index is 2530. The van der Waals surface area contributed by atoms with Crippen molar-refractivity contribution < 1.29 is 37.5 Å². The van der Waals surface area contributed by atoms with Crippen LogP contribution in [0, 0.1) is 23.7 Å². The number of aromatic nitrogens is 1. The highest BCUT2D eigenvalue weighted by Crippen LogP contribution is 2.65. The molecule has 4 aromatic carbocycles. The number of nitrogens with zero attached hydrogens (tertiary/aromatic N) is 3. The smallest absolute Gasteiger partial charge is 0.417 e. The van der Waals surface area contributed by atoms with E-state index in [9.17, 15) is 32.7 Å². The van der Waals surface area contributed by atoms with E-state index in [0.29, 0.717) is 50.4 Å². The van der Waals surface area contributed by atoms with Gasteiger partial charge in [-0.1, -0.05) is 102 Å². The molecule has 9 nitrogen and oxygen atoms in total. The zero-order valence-corrected chi connectivity index (χ0v) is 30.5. The van der Waals surface area contributed by atoms with Crippen LogP contribution >= 0.6 is 23.2 Å². The number of imide groups is 2. The molecule has 4 aliphatic rings. The van der Waals surface area contributed by atoms with Gasteiger partial charge in [0.1, 0.15) is 5.75 Å². The molecule has 2 aliphatic heterocycles. The SMILES string of the molecule is O=C1[C@@H]2C[C@@H]3C(=CC[C@@H]4C(=O)N(c5ccccc5)C(=O)[C@@H]43)[C@H](c3ccc4ccccc4c3O)[C@]2(c2ccc(Cl)cc2)C(=O)N1Nc1ncc(C(F)(F)F)cc1Cl. The molecule has 2 N–H and O–H groups in total. The number of phenols is 1. The van der Waals surface area contributed by atoms with E-state index in [2.05, 4.69) is 10.4 Å². The van der Waals surface area contributed by atoms with Gasteiger partial charge in [-0.2, -0.15) is 18.2 Å². The molecular formula is C42H29Cl2F3N4O5. The molecule has 56 heavy (non-hydrogen) atoms. The van der Waals surface area contributed by atoms with Gasteiger partial charge in [-0.3, -0.25) is 29.5 Å². The second-order valence-corrected chi connectivity index (χ2v) is 15.3. The van der Waals surface area contributed by atoms with Crippen molar-refractivity contribution in [3.05, 3.63) is 142 Å². The molecule has 2 saturated heterocycles. The molecule has 3 fully saturated rings. The van der Waals surface area contributed by atoms with Crippen molar-refractivity contribution >= 4 is 69.1 Å². The number of allylic oxidation sites excluding steroid dienone is 2. The number of amides is 4. The van der Waals surface area contributed by atoms with Crippen molar-refractivity contribution in [3.63, 3.8) is 0 Å². The Balaban J connectivity index is 1.26. The molecule has 0 spiro atoms. The second kappa shape index (κ2) is 12.9. The number of para-hydroxylation sites is 1. The maximum Gasteiger partial charge on any atom is 0.417 e. The van der Waals surface area contributed by atoms with E-state index in [0.717, 1.165) is 5.01 Å². The highest BCUT2D eigenvalue weighted by atomic mass is 35.5. The lowest BCUT2D eigenvalue weighted by molar-refractivity contribution is -0.139. The monoisotopic (exact) mass is 796 g/mol. The van der Waals surface area contributed by atoms with Crippen LogP contribution in [0.5, 0.6) is 5.75 Å². The predicted octanol–water partition coefficient (Wildman–Crippen LogP) is 8.46. The first-order chi connectivity index (χ1) is 26.8. The molecule has 282 valence electrons. The van der Waals surface area contributed by atoms with Gasteiger partial charge in [-0.25, -0.2) is 4.98 Å². The van der Waals surface area contributed by atoms with Gasteiger partial charge in [-0.05, 0) is 60.0 Å². The standard InChI is InChI=1S/C42H29Cl2F3N4O5/c43-24-13-11-22(12-14-24)41-31(38(54)51(40(41)56)49-36-32(44)18-23(20-48-36)42(45,46)47)19-30-27(34(41)29-15-10-21-6-4-5-9-26(21)35(29)52)16-17-28-33(30)39(55)50(37(28)53)25-7-2-1-3-8-25/h1-16,18,20,28,30-31,33-34,52H,17,19H2,(H,48,49)/t28-,30+,31-,33-,34+,41+/m0/s1. The summed E-state index contributed by atoms with van der Waals surface area (Å²) in [6.45, 7) is 0. The molecule has 5 aromatic rings. The number of fused-ring (bicyclic) bond motifs is 5. The number of carbonyl (C=O) groups excluding carboxylic acids is 4. The van der Waals surface area contributed by atoms with Gasteiger partial charge in [-0.15, -0.1) is 0 Å². The summed E-state index contributed by atoms with van der Waals surface area (Å²) < 4.78 is 40.6. The molecule has 0 unspecified atom stereocenters. The molecule has 9 rings (SSSR count). The number of alkyl halides is 3. The summed E-state index contributed by atoms with van der Waals surface area (Å²) in [7, 11) is 0. The third-order valence-corrected chi connectivity index (χ3v) is 12.4. The maximum atomic E-state index is 15.4. The van der Waals surface area contributed by atoms with Gasteiger partial charge in [0.15, 0.2) is 5.82 Å². The summed E-state index contributed by atoms with van der Waals surface area (Å²) in [6, 6.07) is 26.3. The molecule has 3 heterocycles. The van der Waals surface area contributed by atoms with Gasteiger partial charge in [0.2, 0.25) is 11.8 Å². The predicted molar refractivity (Wildman–Crippen MR) is 201 cm³/mol. The molecule has 1 saturated carbocycles. The van der Waals surface area contributed by atoms with Gasteiger partial charge in [0.25, 0.3) is 11.8 Å². The number of halogens is 5. The quantitative estimate of drug-likeness (QED) is 0.135. The number of nitrogens with one attached hydrogen (secondary N) is 1. The molecule has 0 radical (unpaired) electrons. The second-order valence-electron chi connectivity index (χ2n) is 14.5. The van der Waals surface area contributed by atoms with Crippen molar-refractivity contribution in [1.82, 2.24) is 9.99 Å². The van der Waals surface area contributed by atoms with Gasteiger partial charge in [0.05, 0.1) is 39.4 Å². The minimum Gasteiger partial charge on any atom is -0.507 e. The fourth-order valence-corrected chi connectivity index (χ4v) is 9.80. The number of carbonyl (C=O) groups is 4. The summed E-state index contributed by atoms with van der Waals surface area (Å²) in [5.41, 5.74) is 1.40. The van der Waals surface area contributed by atoms with Crippen molar-refractivity contribution in [2.24, 2.45) is 23.7 Å². The van der Waals surface area contributed by atoms with Gasteiger partial charge in [0, 0.05) is 28.1 Å². The van der Waals surface area contributed by atoms with Crippen LogP contribution in [0.1, 0.15) is 35.4 Å². The minimum atomic E-state index is -4.76. The first kappa shape index (κ1) is 35.9. The van der Waals surface area contributed by atoms with Crippen LogP contribution in [-0.2, 0) is 30.8 Å². The molecule has 4 amide bonds. The number of hydrogen-bond donors (Lipinski definition) is 2. The van der Waals surface area contributed by atoms with Gasteiger partial charge < -0.3 is 5.11 Å². The number of anilines is 2. The fourth-order valence-electron chi connectivity index (χ4n) is 9.46. The third kappa shape index (κ3) is 5.18. The minimum absolute atomic E-state index is 0.0565. The number of hydrogen-bond acceptors (Lipinski definition) is 7. The number of aromatic hydroxyl groups is 1. The number of pyridine rings is 1. The Morgan fingerprint density at radius 1 is 0.839 bits per heavy atom. The van der Waals surface area contributed by atoms with E-state index in [4.69, 9.17) is 23.2 Å². The van der Waals surface area contributed by atoms with Crippen molar-refractivity contribution in [3.8, 4) is 5.75 Å². The summed E-state index contributed by atoms with van der Waals surface area (Å²) in [5, 5.41) is 13.9. The van der Waals surface area contributed by atoms with E-state index in [1.54, 1.807) is 78.9 Å². The lowest BCUT2D eigenvalue weighted by Crippen LogP contribution is -2.53. The normalized spacial score (nSPS) is 25.9. The van der Waals surface area contributed by atoms with E-state index >= 15 is 4.79 Å². The van der Waals surface area contributed by atoms with Crippen LogP contribution < -0.4 is 10.3 Å². The third-order valence-electron chi connectivity index (χ3n) is 11.8. The zero-order chi connectivity index (χ0) is 39.3. The first-order valence-electron chi connectivity index (χ1n) is 17.8. The Morgan fingerprint density at radius 2 is 1.55 bits per heavy atom. The number of hydrazine groups is 1. The Hall–Kier alpha value is -5.72. The number of phenolic OH excluding ortho intramolecular Hbond substituents is 1. The Morgan fingerprint density at radius 3 is 2.27 bits per heavy atom. The summed E-state index contributed by atoms with van der Waals surface area (Å²) in [6.07, 6.45) is -2.25. The van der Waals surface area contributed by atoms with Crippen LogP contribution in [0.3, 0.4) is 0 Å². The van der Waals surface area contributed by atoms with E-state index in [-0.39, 0.29) is 30.3 Å². The first-order valence-corrected chi connectivity index (χ1v) is 18.5. The molecule has 14 heteroatoms. The maximum absolute atomic E-state index is 15.4. The molecular weight excluding hydrogens is 768 g/mol. The van der Waals surface area contributed by atoms with Crippen LogP contribution in [-0.4, -0.2) is 38.7 Å². The number of benzene rings is 4. The highest BCUT2D eigenvalue weighted by molar-refractivity contribution is 6.33. The largest absolute Gasteiger partial charge is 0.507 e. The van der Waals surface area contributed by atoms with Crippen LogP contribution in [0.4, 0.5) is 24.7 Å². The summed E-state index contributed by atoms with van der Waals surface area (Å²) in [5.74, 6) is -7.54. The van der Waals surface area contributed by atoms with Crippen molar-refractivity contribution in [2.45, 2.75) is 30.4 Å². The van der Waals surface area contributed by atoms with Crippen LogP contribution in [0.15, 0.2) is 115 Å². The van der Waals surface area contributed by atoms with Gasteiger partial charge >= 0.3 is 6.18 Å². The molecule has 2 aliphatic carbocycles. The lowest BCUT2D eigenvalue weighted by Gasteiger charge is -2.50. The fraction of sp³-hybridized carbons (Fsp3) is 0.214. The van der Waals surface area contributed by atoms with E-state index < -0.39 is 69.5 Å². The highest BCUT2D eigenvalue weighted by Gasteiger charge is 2.70. The summed E-state index contributed by atoms with van der Waals surface area (Å²) in [4.78, 5) is 63.9. The Kier molecular flexibility index (Phi) is 8.30. The van der Waals surface area contributed by atoms with E-state index in [1.807, 2.05) is 18.2 Å². The number of rotatable bonds is 5. The zero-order valence-electron chi connectivity index (χ0n) is 29.0. The summed E-state index contributed by atoms with van der Waals surface area (Å²) >= 11 is 12.6. The average Bonchev–Trinajstić information content (AvgIpc) is 3.57. The van der Waals surface area contributed by atoms with Crippen molar-refractivity contribution in [2.75, 3.05) is 10.3 Å². The van der Waals surface area contributed by atoms with Crippen molar-refractivity contribution in [1.29, 1.82) is 0 Å². The molecule has 1 aromatic heterocycles.